The van der Waals surface area contributed by atoms with Gasteiger partial charge in [0.15, 0.2) is 0 Å². The first-order chi connectivity index (χ1) is 10.3. The van der Waals surface area contributed by atoms with E-state index in [0.717, 1.165) is 17.9 Å². The third-order valence-corrected chi connectivity index (χ3v) is 4.63. The van der Waals surface area contributed by atoms with E-state index in [1.54, 1.807) is 7.11 Å². The van der Waals surface area contributed by atoms with Crippen molar-refractivity contribution in [1.82, 2.24) is 0 Å². The largest absolute Gasteiger partial charge is 1.00 e. The Bertz CT molecular complexity index is 795. The van der Waals surface area contributed by atoms with Gasteiger partial charge in [-0.1, -0.05) is 41.7 Å². The standard InChI is InChI=1S/C18H18NOS.HI/c1-3-19-15-9-5-7-11-17(15)21-18(19)13-12-14-8-4-6-10-16(14)20-2;/h4-13H,3H2,1-2H3;1H/q+1;/p-1/b13-12+;. The van der Waals surface area contributed by atoms with Crippen molar-refractivity contribution in [3.05, 3.63) is 59.1 Å². The van der Waals surface area contributed by atoms with Gasteiger partial charge in [-0.3, -0.25) is 0 Å². The number of thiazole rings is 1. The van der Waals surface area contributed by atoms with Crippen molar-refractivity contribution in [2.24, 2.45) is 0 Å². The molecular formula is C18H18INOS. The summed E-state index contributed by atoms with van der Waals surface area (Å²) < 4.78 is 9.05. The first kappa shape index (κ1) is 17.0. The average Bonchev–Trinajstić information content (AvgIpc) is 2.90. The van der Waals surface area contributed by atoms with Crippen LogP contribution >= 0.6 is 11.3 Å². The van der Waals surface area contributed by atoms with E-state index in [4.69, 9.17) is 4.74 Å². The van der Waals surface area contributed by atoms with Gasteiger partial charge in [-0.15, -0.1) is 0 Å². The van der Waals surface area contributed by atoms with Gasteiger partial charge in [0.25, 0.3) is 5.01 Å². The summed E-state index contributed by atoms with van der Waals surface area (Å²) in [6.07, 6.45) is 4.29. The molecule has 2 aromatic carbocycles. The number of para-hydroxylation sites is 2. The second-order valence-corrected chi connectivity index (χ2v) is 5.79. The molecule has 0 atom stereocenters. The third kappa shape index (κ3) is 3.33. The van der Waals surface area contributed by atoms with E-state index in [0.29, 0.717) is 0 Å². The van der Waals surface area contributed by atoms with E-state index >= 15 is 0 Å². The molecule has 3 rings (SSSR count). The van der Waals surface area contributed by atoms with Gasteiger partial charge in [0, 0.05) is 17.7 Å². The van der Waals surface area contributed by atoms with Crippen LogP contribution in [0, 0.1) is 0 Å². The zero-order valence-electron chi connectivity index (χ0n) is 12.6. The first-order valence-corrected chi connectivity index (χ1v) is 7.87. The molecule has 0 N–H and O–H groups in total. The third-order valence-electron chi connectivity index (χ3n) is 3.50. The van der Waals surface area contributed by atoms with Gasteiger partial charge < -0.3 is 28.7 Å². The van der Waals surface area contributed by atoms with E-state index in [1.807, 2.05) is 29.5 Å². The van der Waals surface area contributed by atoms with Crippen molar-refractivity contribution < 1.29 is 33.3 Å². The lowest BCUT2D eigenvalue weighted by molar-refractivity contribution is -0.665. The summed E-state index contributed by atoms with van der Waals surface area (Å²) in [6, 6.07) is 16.6. The molecule has 1 aromatic heterocycles. The lowest BCUT2D eigenvalue weighted by Crippen LogP contribution is -3.00. The predicted octanol–water partition coefficient (Wildman–Crippen LogP) is 1.39. The van der Waals surface area contributed by atoms with Crippen LogP contribution in [-0.2, 0) is 6.54 Å². The highest BCUT2D eigenvalue weighted by Crippen LogP contribution is 2.24. The van der Waals surface area contributed by atoms with Gasteiger partial charge in [-0.05, 0) is 25.1 Å². The van der Waals surface area contributed by atoms with Crippen molar-refractivity contribution in [3.8, 4) is 5.75 Å². The minimum Gasteiger partial charge on any atom is -1.00 e. The number of aromatic nitrogens is 1. The van der Waals surface area contributed by atoms with Gasteiger partial charge in [-0.2, -0.15) is 4.57 Å². The number of halogens is 1. The van der Waals surface area contributed by atoms with Gasteiger partial charge >= 0.3 is 0 Å². The molecule has 0 radical (unpaired) electrons. The molecule has 4 heteroatoms. The van der Waals surface area contributed by atoms with E-state index in [9.17, 15) is 0 Å². The maximum Gasteiger partial charge on any atom is 0.262 e. The molecule has 114 valence electrons. The molecule has 1 heterocycles. The lowest BCUT2D eigenvalue weighted by atomic mass is 10.2. The number of methoxy groups -OCH3 is 1. The molecule has 0 saturated heterocycles. The molecule has 0 spiro atoms. The number of aryl methyl sites for hydroxylation is 1. The first-order valence-electron chi connectivity index (χ1n) is 7.06. The minimum atomic E-state index is 0. The molecule has 0 unspecified atom stereocenters. The normalized spacial score (nSPS) is 10.8. The Morgan fingerprint density at radius 3 is 2.55 bits per heavy atom. The van der Waals surface area contributed by atoms with Crippen LogP contribution in [0.3, 0.4) is 0 Å². The molecule has 3 aromatic rings. The Morgan fingerprint density at radius 1 is 1.05 bits per heavy atom. The van der Waals surface area contributed by atoms with Crippen LogP contribution < -0.4 is 33.3 Å². The maximum absolute atomic E-state index is 5.39. The zero-order valence-corrected chi connectivity index (χ0v) is 15.6. The molecule has 0 aliphatic heterocycles. The second kappa shape index (κ2) is 7.74. The highest BCUT2D eigenvalue weighted by atomic mass is 127. The Kier molecular flexibility index (Phi) is 5.97. The van der Waals surface area contributed by atoms with Crippen LogP contribution in [0.4, 0.5) is 0 Å². The van der Waals surface area contributed by atoms with Crippen LogP contribution in [0.5, 0.6) is 5.75 Å². The summed E-state index contributed by atoms with van der Waals surface area (Å²) in [5.74, 6) is 0.901. The predicted molar refractivity (Wildman–Crippen MR) is 89.6 cm³/mol. The summed E-state index contributed by atoms with van der Waals surface area (Å²) in [5, 5.41) is 1.25. The molecule has 0 fully saturated rings. The Morgan fingerprint density at radius 2 is 1.77 bits per heavy atom. The van der Waals surface area contributed by atoms with Gasteiger partial charge in [0.1, 0.15) is 17.0 Å². The van der Waals surface area contributed by atoms with Gasteiger partial charge in [0.05, 0.1) is 7.11 Å². The van der Waals surface area contributed by atoms with Gasteiger partial charge in [0.2, 0.25) is 5.52 Å². The number of fused-ring (bicyclic) bond motifs is 1. The number of hydrogen-bond acceptors (Lipinski definition) is 2. The second-order valence-electron chi connectivity index (χ2n) is 4.73. The topological polar surface area (TPSA) is 13.1 Å². The van der Waals surface area contributed by atoms with Crippen LogP contribution in [0.15, 0.2) is 48.5 Å². The van der Waals surface area contributed by atoms with Gasteiger partial charge in [-0.25, -0.2) is 0 Å². The fraction of sp³-hybridized carbons (Fsp3) is 0.167. The summed E-state index contributed by atoms with van der Waals surface area (Å²) in [7, 11) is 1.71. The maximum atomic E-state index is 5.39. The van der Waals surface area contributed by atoms with Crippen LogP contribution in [0.2, 0.25) is 0 Å². The fourth-order valence-electron chi connectivity index (χ4n) is 2.47. The van der Waals surface area contributed by atoms with Crippen molar-refractivity contribution in [1.29, 1.82) is 0 Å². The van der Waals surface area contributed by atoms with Crippen LogP contribution in [0.1, 0.15) is 17.5 Å². The molecule has 0 bridgehead atoms. The molecule has 0 amide bonds. The monoisotopic (exact) mass is 423 g/mol. The summed E-state index contributed by atoms with van der Waals surface area (Å²) in [5.41, 5.74) is 2.39. The highest BCUT2D eigenvalue weighted by Gasteiger charge is 2.15. The molecular weight excluding hydrogens is 405 g/mol. The highest BCUT2D eigenvalue weighted by molar-refractivity contribution is 7.18. The Balaban J connectivity index is 0.00000176. The molecule has 2 nitrogen and oxygen atoms in total. The number of benzene rings is 2. The number of nitrogens with zero attached hydrogens (tertiary/aromatic N) is 1. The van der Waals surface area contributed by atoms with Crippen molar-refractivity contribution in [3.63, 3.8) is 0 Å². The number of ether oxygens (including phenoxy) is 1. The van der Waals surface area contributed by atoms with Crippen LogP contribution in [-0.4, -0.2) is 7.11 Å². The quantitative estimate of drug-likeness (QED) is 0.457. The Labute approximate surface area is 152 Å². The number of hydrogen-bond donors (Lipinski definition) is 0. The van der Waals surface area contributed by atoms with E-state index in [1.165, 1.54) is 15.2 Å². The van der Waals surface area contributed by atoms with Crippen molar-refractivity contribution in [2.45, 2.75) is 13.5 Å². The lowest BCUT2D eigenvalue weighted by Gasteiger charge is -2.02. The SMILES string of the molecule is CC[n+]1c(/C=C/c2ccccc2OC)sc2ccccc21.[I-]. The minimum absolute atomic E-state index is 0. The average molecular weight is 423 g/mol. The van der Waals surface area contributed by atoms with Crippen LogP contribution in [0.25, 0.3) is 22.4 Å². The smallest absolute Gasteiger partial charge is 0.262 e. The molecule has 0 saturated carbocycles. The summed E-state index contributed by atoms with van der Waals surface area (Å²) >= 11 is 1.82. The molecule has 22 heavy (non-hydrogen) atoms. The van der Waals surface area contributed by atoms with Crippen molar-refractivity contribution >= 4 is 33.7 Å². The van der Waals surface area contributed by atoms with Crippen molar-refractivity contribution in [2.75, 3.05) is 7.11 Å². The Hall–Kier alpha value is -1.40. The van der Waals surface area contributed by atoms with E-state index in [-0.39, 0.29) is 24.0 Å². The molecule has 0 aliphatic carbocycles. The zero-order chi connectivity index (χ0) is 14.7. The fourth-order valence-corrected chi connectivity index (χ4v) is 3.60. The number of rotatable bonds is 4. The molecule has 0 aliphatic rings. The van der Waals surface area contributed by atoms with E-state index < -0.39 is 0 Å². The van der Waals surface area contributed by atoms with E-state index in [2.05, 4.69) is 54.0 Å². The summed E-state index contributed by atoms with van der Waals surface area (Å²) in [4.78, 5) is 0. The summed E-state index contributed by atoms with van der Waals surface area (Å²) in [6.45, 7) is 3.15.